The molecule has 0 amide bonds. The number of nitrogens with one attached hydrogen (secondary N) is 1. The van der Waals surface area contributed by atoms with Crippen molar-refractivity contribution in [2.45, 2.75) is 32.9 Å². The first kappa shape index (κ1) is 13.3. The van der Waals surface area contributed by atoms with Gasteiger partial charge in [-0.25, -0.2) is 4.98 Å². The fourth-order valence-corrected chi connectivity index (χ4v) is 1.19. The molecule has 1 aromatic heterocycles. The molecular formula is C12H20N4O. The lowest BCUT2D eigenvalue weighted by atomic mass is 10.2. The highest BCUT2D eigenvalue weighted by Crippen LogP contribution is 2.15. The highest BCUT2D eigenvalue weighted by atomic mass is 16.5. The summed E-state index contributed by atoms with van der Waals surface area (Å²) in [6.07, 6.45) is 0. The van der Waals surface area contributed by atoms with Crippen LogP contribution in [0, 0.1) is 0 Å². The Hall–Kier alpha value is -1.78. The van der Waals surface area contributed by atoms with Crippen molar-refractivity contribution in [1.82, 2.24) is 10.3 Å². The maximum absolute atomic E-state index is 5.68. The Bertz CT molecular complexity index is 396. The van der Waals surface area contributed by atoms with Crippen LogP contribution in [0.4, 0.5) is 0 Å². The monoisotopic (exact) mass is 236 g/mol. The summed E-state index contributed by atoms with van der Waals surface area (Å²) in [5, 5.41) is 2.95. The smallest absolute Gasteiger partial charge is 0.214 e. The molecule has 5 heteroatoms. The zero-order valence-electron chi connectivity index (χ0n) is 10.8. The number of hydrogen-bond acceptors (Lipinski definition) is 3. The lowest BCUT2D eigenvalue weighted by Gasteiger charge is -2.20. The van der Waals surface area contributed by atoms with Gasteiger partial charge in [0.05, 0.1) is 12.2 Å². The zero-order chi connectivity index (χ0) is 12.9. The van der Waals surface area contributed by atoms with Crippen LogP contribution in [0.25, 0.3) is 0 Å². The van der Waals surface area contributed by atoms with E-state index in [0.29, 0.717) is 18.4 Å². The minimum atomic E-state index is -0.247. The highest BCUT2D eigenvalue weighted by molar-refractivity contribution is 5.77. The quantitative estimate of drug-likeness (QED) is 0.613. The molecule has 1 aromatic rings. The molecule has 94 valence electrons. The van der Waals surface area contributed by atoms with E-state index in [-0.39, 0.29) is 5.60 Å². The average Bonchev–Trinajstić information content (AvgIpc) is 2.24. The van der Waals surface area contributed by atoms with Gasteiger partial charge in [-0.1, -0.05) is 6.07 Å². The van der Waals surface area contributed by atoms with E-state index in [2.05, 4.69) is 15.3 Å². The third-order valence-electron chi connectivity index (χ3n) is 1.88. The topological polar surface area (TPSA) is 72.5 Å². The second-order valence-electron chi connectivity index (χ2n) is 4.64. The Morgan fingerprint density at radius 3 is 2.76 bits per heavy atom. The van der Waals surface area contributed by atoms with Gasteiger partial charge in [0, 0.05) is 13.1 Å². The number of aliphatic imine (C=N–C) groups is 1. The van der Waals surface area contributed by atoms with Crippen LogP contribution in [-0.2, 0) is 6.54 Å². The Kier molecular flexibility index (Phi) is 4.31. The van der Waals surface area contributed by atoms with Gasteiger partial charge >= 0.3 is 0 Å². The van der Waals surface area contributed by atoms with Gasteiger partial charge in [0.1, 0.15) is 5.60 Å². The van der Waals surface area contributed by atoms with Gasteiger partial charge in [0.25, 0.3) is 0 Å². The van der Waals surface area contributed by atoms with Crippen molar-refractivity contribution >= 4 is 5.96 Å². The molecule has 1 heterocycles. The van der Waals surface area contributed by atoms with Gasteiger partial charge < -0.3 is 15.8 Å². The largest absolute Gasteiger partial charge is 0.472 e. The van der Waals surface area contributed by atoms with E-state index >= 15 is 0 Å². The molecule has 0 unspecified atom stereocenters. The molecule has 17 heavy (non-hydrogen) atoms. The molecule has 3 N–H and O–H groups in total. The van der Waals surface area contributed by atoms with E-state index in [0.717, 1.165) is 5.69 Å². The number of rotatable bonds is 3. The van der Waals surface area contributed by atoms with Crippen molar-refractivity contribution in [2.24, 2.45) is 10.7 Å². The Balaban J connectivity index is 2.66. The second-order valence-corrected chi connectivity index (χ2v) is 4.64. The summed E-state index contributed by atoms with van der Waals surface area (Å²) in [5.74, 6) is 1.01. The molecule has 0 aromatic carbocycles. The van der Waals surface area contributed by atoms with Crippen molar-refractivity contribution in [1.29, 1.82) is 0 Å². The van der Waals surface area contributed by atoms with Crippen molar-refractivity contribution in [3.8, 4) is 5.88 Å². The van der Waals surface area contributed by atoms with Crippen LogP contribution in [0.1, 0.15) is 26.5 Å². The Morgan fingerprint density at radius 2 is 2.18 bits per heavy atom. The number of pyridine rings is 1. The number of aromatic nitrogens is 1. The molecule has 0 saturated carbocycles. The van der Waals surface area contributed by atoms with Gasteiger partial charge in [0.2, 0.25) is 5.88 Å². The molecule has 0 aliphatic carbocycles. The standard InChI is InChI=1S/C12H20N4O/c1-12(2,3)17-10-7-5-6-9(16-10)8-15-11(13)14-4/h5-7H,8H2,1-4H3,(H3,13,14,15). The average molecular weight is 236 g/mol. The van der Waals surface area contributed by atoms with E-state index in [1.165, 1.54) is 0 Å². The summed E-state index contributed by atoms with van der Waals surface area (Å²) in [7, 11) is 1.63. The number of guanidine groups is 1. The van der Waals surface area contributed by atoms with Crippen LogP contribution >= 0.6 is 0 Å². The predicted octanol–water partition coefficient (Wildman–Crippen LogP) is 1.29. The van der Waals surface area contributed by atoms with Crippen LogP contribution in [0.3, 0.4) is 0 Å². The first-order valence-corrected chi connectivity index (χ1v) is 5.52. The molecular weight excluding hydrogens is 216 g/mol. The summed E-state index contributed by atoms with van der Waals surface area (Å²) < 4.78 is 5.68. The lowest BCUT2D eigenvalue weighted by Crippen LogP contribution is -2.31. The molecule has 0 saturated heterocycles. The van der Waals surface area contributed by atoms with Gasteiger partial charge in [-0.15, -0.1) is 0 Å². The van der Waals surface area contributed by atoms with Crippen molar-refractivity contribution < 1.29 is 4.74 Å². The van der Waals surface area contributed by atoms with E-state index < -0.39 is 0 Å². The Morgan fingerprint density at radius 1 is 1.47 bits per heavy atom. The molecule has 0 aliphatic heterocycles. The fraction of sp³-hybridized carbons (Fsp3) is 0.500. The molecule has 1 rings (SSSR count). The van der Waals surface area contributed by atoms with Crippen LogP contribution in [0.15, 0.2) is 23.2 Å². The van der Waals surface area contributed by atoms with Gasteiger partial charge in [-0.2, -0.15) is 0 Å². The van der Waals surface area contributed by atoms with Crippen LogP contribution in [0.2, 0.25) is 0 Å². The van der Waals surface area contributed by atoms with Crippen molar-refractivity contribution in [3.05, 3.63) is 23.9 Å². The highest BCUT2D eigenvalue weighted by Gasteiger charge is 2.12. The number of ether oxygens (including phenoxy) is 1. The molecule has 0 atom stereocenters. The van der Waals surface area contributed by atoms with Gasteiger partial charge in [0.15, 0.2) is 5.96 Å². The third kappa shape index (κ3) is 5.19. The van der Waals surface area contributed by atoms with E-state index in [9.17, 15) is 0 Å². The summed E-state index contributed by atoms with van der Waals surface area (Å²) in [6, 6.07) is 5.65. The number of nitrogens with two attached hydrogens (primary N) is 1. The van der Waals surface area contributed by atoms with E-state index in [1.54, 1.807) is 7.05 Å². The first-order chi connectivity index (χ1) is 7.90. The van der Waals surface area contributed by atoms with Gasteiger partial charge in [-0.05, 0) is 26.8 Å². The molecule has 0 spiro atoms. The minimum Gasteiger partial charge on any atom is -0.472 e. The third-order valence-corrected chi connectivity index (χ3v) is 1.88. The maximum Gasteiger partial charge on any atom is 0.214 e. The SMILES string of the molecule is CN=C(N)NCc1cccc(OC(C)(C)C)n1. The summed E-state index contributed by atoms with van der Waals surface area (Å²) >= 11 is 0. The second kappa shape index (κ2) is 5.52. The van der Waals surface area contributed by atoms with Crippen LogP contribution in [0.5, 0.6) is 5.88 Å². The maximum atomic E-state index is 5.68. The molecule has 0 fully saturated rings. The molecule has 0 radical (unpaired) electrons. The minimum absolute atomic E-state index is 0.247. The van der Waals surface area contributed by atoms with Crippen molar-refractivity contribution in [2.75, 3.05) is 7.05 Å². The summed E-state index contributed by atoms with van der Waals surface area (Å²) in [6.45, 7) is 6.49. The molecule has 5 nitrogen and oxygen atoms in total. The van der Waals surface area contributed by atoms with Crippen molar-refractivity contribution in [3.63, 3.8) is 0 Å². The zero-order valence-corrected chi connectivity index (χ0v) is 10.8. The first-order valence-electron chi connectivity index (χ1n) is 5.52. The predicted molar refractivity (Wildman–Crippen MR) is 69.0 cm³/mol. The van der Waals surface area contributed by atoms with Crippen LogP contribution < -0.4 is 15.8 Å². The number of hydrogen-bond donors (Lipinski definition) is 2. The number of nitrogens with zero attached hydrogens (tertiary/aromatic N) is 2. The normalized spacial score (nSPS) is 12.4. The molecule has 0 aliphatic rings. The van der Waals surface area contributed by atoms with Gasteiger partial charge in [-0.3, -0.25) is 4.99 Å². The van der Waals surface area contributed by atoms with E-state index in [4.69, 9.17) is 10.5 Å². The summed E-state index contributed by atoms with van der Waals surface area (Å²) in [5.41, 5.74) is 6.15. The van der Waals surface area contributed by atoms with Crippen LogP contribution in [-0.4, -0.2) is 23.6 Å². The lowest BCUT2D eigenvalue weighted by molar-refractivity contribution is 0.124. The fourth-order valence-electron chi connectivity index (χ4n) is 1.19. The Labute approximate surface area is 102 Å². The summed E-state index contributed by atoms with van der Waals surface area (Å²) in [4.78, 5) is 8.18. The van der Waals surface area contributed by atoms with E-state index in [1.807, 2.05) is 39.0 Å². The molecule has 0 bridgehead atoms.